The predicted octanol–water partition coefficient (Wildman–Crippen LogP) is 2.05. The molecule has 0 unspecified atom stereocenters. The molecule has 9 heteroatoms. The van der Waals surface area contributed by atoms with Gasteiger partial charge >= 0.3 is 0 Å². The average molecular weight is 376 g/mol. The molecule has 0 bridgehead atoms. The number of carbonyl (C=O) groups is 1. The fourth-order valence-electron chi connectivity index (χ4n) is 3.30. The van der Waals surface area contributed by atoms with Crippen LogP contribution in [0.2, 0.25) is 0 Å². The molecule has 0 atom stereocenters. The molecule has 26 heavy (non-hydrogen) atoms. The third-order valence-electron chi connectivity index (χ3n) is 4.88. The van der Waals surface area contributed by atoms with Crippen LogP contribution >= 0.6 is 11.5 Å². The molecule has 140 valence electrons. The summed E-state index contributed by atoms with van der Waals surface area (Å²) in [4.78, 5) is 22.7. The highest BCUT2D eigenvalue weighted by Gasteiger charge is 2.25. The smallest absolute Gasteiger partial charge is 0.271 e. The molecule has 0 spiro atoms. The van der Waals surface area contributed by atoms with E-state index < -0.39 is 5.91 Å². The summed E-state index contributed by atoms with van der Waals surface area (Å²) in [6, 6.07) is 2.90. The minimum Gasteiger partial charge on any atom is -0.364 e. The third-order valence-corrected chi connectivity index (χ3v) is 5.67. The molecule has 0 aromatic carbocycles. The first kappa shape index (κ1) is 18.5. The maximum absolute atomic E-state index is 11.7. The molecule has 1 fully saturated rings. The topological polar surface area (TPSA) is 109 Å². The second-order valence-electron chi connectivity index (χ2n) is 6.65. The van der Waals surface area contributed by atoms with Crippen LogP contribution in [0, 0.1) is 6.92 Å². The minimum atomic E-state index is -0.607. The van der Waals surface area contributed by atoms with Crippen LogP contribution in [0.15, 0.2) is 12.3 Å². The Hall–Kier alpha value is -2.26. The zero-order valence-electron chi connectivity index (χ0n) is 15.3. The highest BCUT2D eigenvalue weighted by Crippen LogP contribution is 2.28. The number of nitrogens with zero attached hydrogens (tertiary/aromatic N) is 4. The lowest BCUT2D eigenvalue weighted by Crippen LogP contribution is -2.40. The van der Waals surface area contributed by atoms with Gasteiger partial charge in [-0.15, -0.1) is 0 Å². The number of nitrogens with one attached hydrogen (secondary N) is 2. The van der Waals surface area contributed by atoms with Gasteiger partial charge in [-0.3, -0.25) is 4.79 Å². The Bertz CT molecular complexity index is 770. The minimum absolute atomic E-state index is 0.132. The van der Waals surface area contributed by atoms with Gasteiger partial charge in [-0.25, -0.2) is 9.97 Å². The van der Waals surface area contributed by atoms with Crippen LogP contribution in [0.25, 0.3) is 0 Å². The van der Waals surface area contributed by atoms with Crippen molar-refractivity contribution < 1.29 is 4.79 Å². The van der Waals surface area contributed by atoms with Crippen LogP contribution < -0.4 is 21.3 Å². The Kier molecular flexibility index (Phi) is 5.67. The Balaban J connectivity index is 1.81. The summed E-state index contributed by atoms with van der Waals surface area (Å²) in [5, 5.41) is 7.28. The third kappa shape index (κ3) is 4.10. The lowest BCUT2D eigenvalue weighted by atomic mass is 9.90. The fraction of sp³-hybridized carbons (Fsp3) is 0.529. The van der Waals surface area contributed by atoms with Crippen LogP contribution in [0.5, 0.6) is 0 Å². The van der Waals surface area contributed by atoms with E-state index in [2.05, 4.69) is 29.9 Å². The number of carbonyl (C=O) groups excluding carboxylic acids is 1. The number of hydrogen-bond donors (Lipinski definition) is 3. The van der Waals surface area contributed by atoms with E-state index in [1.807, 2.05) is 27.1 Å². The molecule has 2 heterocycles. The van der Waals surface area contributed by atoms with Crippen LogP contribution in [0.3, 0.4) is 0 Å². The highest BCUT2D eigenvalue weighted by molar-refractivity contribution is 7.10. The summed E-state index contributed by atoms with van der Waals surface area (Å²) in [7, 11) is 4.04. The summed E-state index contributed by atoms with van der Waals surface area (Å²) in [6.45, 7) is 1.91. The molecular weight excluding hydrogens is 350 g/mol. The van der Waals surface area contributed by atoms with Crippen molar-refractivity contribution in [3.63, 3.8) is 0 Å². The van der Waals surface area contributed by atoms with Crippen molar-refractivity contribution in [3.05, 3.63) is 23.7 Å². The second-order valence-corrected chi connectivity index (χ2v) is 7.46. The zero-order valence-corrected chi connectivity index (χ0v) is 16.1. The van der Waals surface area contributed by atoms with Crippen LogP contribution in [-0.2, 0) is 0 Å². The van der Waals surface area contributed by atoms with Gasteiger partial charge in [0.15, 0.2) is 11.5 Å². The summed E-state index contributed by atoms with van der Waals surface area (Å²) >= 11 is 1.31. The van der Waals surface area contributed by atoms with Gasteiger partial charge in [0, 0.05) is 19.1 Å². The van der Waals surface area contributed by atoms with E-state index in [0.717, 1.165) is 42.2 Å². The van der Waals surface area contributed by atoms with Crippen molar-refractivity contribution >= 4 is 34.1 Å². The molecule has 2 aromatic rings. The zero-order chi connectivity index (χ0) is 18.7. The number of primary amides is 1. The summed E-state index contributed by atoms with van der Waals surface area (Å²) in [5.41, 5.74) is 6.49. The molecular formula is C17H25N7OS. The van der Waals surface area contributed by atoms with Crippen LogP contribution in [0.1, 0.15) is 41.9 Å². The summed E-state index contributed by atoms with van der Waals surface area (Å²) in [6.07, 6.45) is 6.09. The number of nitrogens with two attached hydrogens (primary N) is 1. The monoisotopic (exact) mass is 375 g/mol. The Morgan fingerprint density at radius 3 is 2.65 bits per heavy atom. The van der Waals surface area contributed by atoms with Gasteiger partial charge in [0.2, 0.25) is 0 Å². The number of aromatic nitrogens is 3. The lowest BCUT2D eigenvalue weighted by Gasteiger charge is -2.35. The van der Waals surface area contributed by atoms with Gasteiger partial charge in [0.05, 0.1) is 11.9 Å². The molecule has 4 N–H and O–H groups in total. The van der Waals surface area contributed by atoms with Crippen molar-refractivity contribution in [2.45, 2.75) is 44.7 Å². The van der Waals surface area contributed by atoms with Crippen molar-refractivity contribution in [1.29, 1.82) is 0 Å². The number of rotatable bonds is 6. The van der Waals surface area contributed by atoms with Crippen molar-refractivity contribution in [2.24, 2.45) is 5.73 Å². The van der Waals surface area contributed by atoms with Gasteiger partial charge < -0.3 is 21.3 Å². The van der Waals surface area contributed by atoms with Crippen LogP contribution in [0.4, 0.5) is 16.6 Å². The molecule has 0 radical (unpaired) electrons. The molecule has 0 saturated heterocycles. The number of anilines is 3. The van der Waals surface area contributed by atoms with Gasteiger partial charge in [0.25, 0.3) is 5.91 Å². The van der Waals surface area contributed by atoms with Crippen molar-refractivity contribution in [3.8, 4) is 0 Å². The number of aryl methyl sites for hydroxylation is 1. The van der Waals surface area contributed by atoms with E-state index in [-0.39, 0.29) is 5.69 Å². The number of hydrogen-bond acceptors (Lipinski definition) is 8. The molecule has 1 amide bonds. The Morgan fingerprint density at radius 1 is 1.35 bits per heavy atom. The molecule has 2 aromatic heterocycles. The highest BCUT2D eigenvalue weighted by atomic mass is 32.1. The van der Waals surface area contributed by atoms with Crippen molar-refractivity contribution in [2.75, 3.05) is 24.3 Å². The average Bonchev–Trinajstić information content (AvgIpc) is 3.05. The van der Waals surface area contributed by atoms with Gasteiger partial charge in [-0.2, -0.15) is 4.37 Å². The normalized spacial score (nSPS) is 20.0. The predicted molar refractivity (Wildman–Crippen MR) is 104 cm³/mol. The van der Waals surface area contributed by atoms with Gasteiger partial charge in [-0.1, -0.05) is 0 Å². The fourth-order valence-corrected chi connectivity index (χ4v) is 3.96. The summed E-state index contributed by atoms with van der Waals surface area (Å²) < 4.78 is 4.23. The Labute approximate surface area is 157 Å². The second kappa shape index (κ2) is 7.96. The first-order chi connectivity index (χ1) is 12.5. The van der Waals surface area contributed by atoms with E-state index >= 15 is 0 Å². The maximum atomic E-state index is 11.7. The lowest BCUT2D eigenvalue weighted by molar-refractivity contribution is 0.0996. The van der Waals surface area contributed by atoms with Gasteiger partial charge in [0.1, 0.15) is 10.8 Å². The largest absolute Gasteiger partial charge is 0.364 e. The first-order valence-electron chi connectivity index (χ1n) is 8.75. The maximum Gasteiger partial charge on any atom is 0.271 e. The molecule has 8 nitrogen and oxygen atoms in total. The van der Waals surface area contributed by atoms with E-state index in [1.54, 1.807) is 6.20 Å². The van der Waals surface area contributed by atoms with Crippen molar-refractivity contribution in [1.82, 2.24) is 19.7 Å². The molecule has 1 aliphatic carbocycles. The summed E-state index contributed by atoms with van der Waals surface area (Å²) in [5.74, 6) is 0.492. The van der Waals surface area contributed by atoms with E-state index in [9.17, 15) is 4.79 Å². The molecule has 1 saturated carbocycles. The van der Waals surface area contributed by atoms with E-state index in [1.165, 1.54) is 11.5 Å². The SMILES string of the molecule is CNC1CCC(N(C)c2cnc(C(N)=O)c(Nc3cc(C)ns3)n2)CC1. The number of amides is 1. The first-order valence-corrected chi connectivity index (χ1v) is 9.52. The van der Waals surface area contributed by atoms with E-state index in [4.69, 9.17) is 5.73 Å². The van der Waals surface area contributed by atoms with E-state index in [0.29, 0.717) is 17.9 Å². The van der Waals surface area contributed by atoms with Crippen LogP contribution in [-0.4, -0.2) is 46.4 Å². The quantitative estimate of drug-likeness (QED) is 0.709. The Morgan fingerprint density at radius 2 is 2.08 bits per heavy atom. The molecule has 1 aliphatic rings. The van der Waals surface area contributed by atoms with Gasteiger partial charge in [-0.05, 0) is 57.3 Å². The molecule has 3 rings (SSSR count). The molecule has 0 aliphatic heterocycles. The standard InChI is InChI=1S/C17H25N7OS/c1-10-8-14(26-23-10)22-17-15(16(18)25)20-9-13(21-17)24(3)12-6-4-11(19-2)5-7-12/h8-9,11-12,19H,4-7H2,1-3H3,(H2,18,25)(H,21,22).